The number of aromatic amines is 1. The van der Waals surface area contributed by atoms with Crippen LogP contribution in [0.5, 0.6) is 5.88 Å². The predicted molar refractivity (Wildman–Crippen MR) is 69.2 cm³/mol. The van der Waals surface area contributed by atoms with Crippen LogP contribution in [0.25, 0.3) is 11.0 Å². The van der Waals surface area contributed by atoms with E-state index < -0.39 is 0 Å². The maximum atomic E-state index is 12.1. The first kappa shape index (κ1) is 12.0. The molecular weight excluding hydrogens is 244 g/mol. The molecule has 3 heterocycles. The van der Waals surface area contributed by atoms with Gasteiger partial charge in [-0.2, -0.15) is 5.06 Å². The van der Waals surface area contributed by atoms with Gasteiger partial charge in [0.2, 0.25) is 0 Å². The van der Waals surface area contributed by atoms with Gasteiger partial charge < -0.3 is 9.82 Å². The summed E-state index contributed by atoms with van der Waals surface area (Å²) >= 11 is 0. The van der Waals surface area contributed by atoms with Crippen LogP contribution in [0, 0.1) is 5.92 Å². The highest BCUT2D eigenvalue weighted by atomic mass is 16.7. The summed E-state index contributed by atoms with van der Waals surface area (Å²) in [6.07, 6.45) is 6.00. The summed E-state index contributed by atoms with van der Waals surface area (Å²) < 4.78 is 0. The van der Waals surface area contributed by atoms with Gasteiger partial charge in [-0.05, 0) is 18.9 Å². The number of carbonyl (C=O) groups is 1. The van der Waals surface area contributed by atoms with Crippen molar-refractivity contribution in [2.75, 3.05) is 6.54 Å². The molecule has 1 amide bonds. The number of hydrogen-bond donors (Lipinski definition) is 1. The van der Waals surface area contributed by atoms with Gasteiger partial charge in [-0.25, -0.2) is 9.97 Å². The molecule has 3 rings (SSSR count). The van der Waals surface area contributed by atoms with Gasteiger partial charge in [0.1, 0.15) is 0 Å². The minimum absolute atomic E-state index is 0.0520. The molecule has 6 heteroatoms. The van der Waals surface area contributed by atoms with Gasteiger partial charge in [-0.3, -0.25) is 4.79 Å². The molecule has 1 unspecified atom stereocenters. The molecule has 6 nitrogen and oxygen atoms in total. The Morgan fingerprint density at radius 2 is 2.42 bits per heavy atom. The largest absolute Gasteiger partial charge is 0.354 e. The minimum atomic E-state index is 0.0520. The number of H-pyrrole nitrogens is 1. The summed E-state index contributed by atoms with van der Waals surface area (Å²) in [4.78, 5) is 29.0. The van der Waals surface area contributed by atoms with E-state index in [4.69, 9.17) is 4.84 Å². The van der Waals surface area contributed by atoms with Crippen LogP contribution < -0.4 is 4.84 Å². The molecule has 1 aliphatic heterocycles. The molecule has 2 aromatic rings. The number of imidazole rings is 1. The van der Waals surface area contributed by atoms with Crippen LogP contribution in [0.4, 0.5) is 0 Å². The maximum absolute atomic E-state index is 12.1. The van der Waals surface area contributed by atoms with Crippen LogP contribution in [-0.2, 0) is 4.79 Å². The fourth-order valence-corrected chi connectivity index (χ4v) is 2.43. The number of hydroxylamine groups is 2. The predicted octanol–water partition coefficient (Wildman–Crippen LogP) is 1.90. The normalized spacial score (nSPS) is 19.3. The Labute approximate surface area is 110 Å². The van der Waals surface area contributed by atoms with Crippen molar-refractivity contribution < 1.29 is 9.63 Å². The number of nitrogens with one attached hydrogen (secondary N) is 1. The molecule has 1 saturated heterocycles. The van der Waals surface area contributed by atoms with Crippen LogP contribution in [-0.4, -0.2) is 32.5 Å². The molecule has 0 aliphatic carbocycles. The number of pyridine rings is 1. The van der Waals surface area contributed by atoms with Gasteiger partial charge in [0.05, 0.1) is 18.4 Å². The zero-order chi connectivity index (χ0) is 13.2. The summed E-state index contributed by atoms with van der Waals surface area (Å²) in [7, 11) is 0. The summed E-state index contributed by atoms with van der Waals surface area (Å²) in [6, 6.07) is 1.82. The number of rotatable bonds is 4. The molecule has 1 atom stereocenters. The van der Waals surface area contributed by atoms with Gasteiger partial charge >= 0.3 is 0 Å². The molecule has 2 aromatic heterocycles. The van der Waals surface area contributed by atoms with Gasteiger partial charge in [0, 0.05) is 12.1 Å². The van der Waals surface area contributed by atoms with Crippen LogP contribution >= 0.6 is 0 Å². The molecule has 0 aromatic carbocycles. The smallest absolute Gasteiger partial charge is 0.274 e. The molecule has 1 N–H and O–H groups in total. The first-order chi connectivity index (χ1) is 9.29. The van der Waals surface area contributed by atoms with Gasteiger partial charge in [0.25, 0.3) is 11.8 Å². The molecule has 0 saturated carbocycles. The van der Waals surface area contributed by atoms with E-state index in [1.54, 1.807) is 12.5 Å². The second-order valence-corrected chi connectivity index (χ2v) is 4.72. The number of carbonyl (C=O) groups excluding carboxylic acids is 1. The summed E-state index contributed by atoms with van der Waals surface area (Å²) in [5.74, 6) is 0.517. The second kappa shape index (κ2) is 4.87. The van der Waals surface area contributed by atoms with E-state index in [2.05, 4.69) is 21.9 Å². The number of hydrogen-bond acceptors (Lipinski definition) is 4. The molecule has 0 spiro atoms. The SMILES string of the molecule is CCCC1CCN(Oc2nccc3[nH]cnc23)C1=O. The summed E-state index contributed by atoms with van der Waals surface area (Å²) in [6.45, 7) is 2.70. The van der Waals surface area contributed by atoms with Gasteiger partial charge in [-0.15, -0.1) is 0 Å². The van der Waals surface area contributed by atoms with E-state index in [0.717, 1.165) is 24.8 Å². The molecule has 100 valence electrons. The molecule has 1 fully saturated rings. The van der Waals surface area contributed by atoms with E-state index in [1.807, 2.05) is 6.07 Å². The first-order valence-electron chi connectivity index (χ1n) is 6.57. The Morgan fingerprint density at radius 1 is 1.53 bits per heavy atom. The number of amides is 1. The van der Waals surface area contributed by atoms with E-state index in [-0.39, 0.29) is 11.8 Å². The Hall–Kier alpha value is -2.11. The molecule has 19 heavy (non-hydrogen) atoms. The van der Waals surface area contributed by atoms with Crippen molar-refractivity contribution in [2.24, 2.45) is 5.92 Å². The highest BCUT2D eigenvalue weighted by molar-refractivity contribution is 5.81. The van der Waals surface area contributed by atoms with Crippen molar-refractivity contribution in [2.45, 2.75) is 26.2 Å². The molecular formula is C13H16N4O2. The Kier molecular flexibility index (Phi) is 3.06. The summed E-state index contributed by atoms with van der Waals surface area (Å²) in [5, 5.41) is 1.41. The molecule has 1 aliphatic rings. The van der Waals surface area contributed by atoms with Crippen molar-refractivity contribution in [1.82, 2.24) is 20.0 Å². The number of nitrogens with zero attached hydrogens (tertiary/aromatic N) is 3. The topological polar surface area (TPSA) is 71.1 Å². The fraction of sp³-hybridized carbons (Fsp3) is 0.462. The quantitative estimate of drug-likeness (QED) is 0.911. The molecule has 0 bridgehead atoms. The number of aromatic nitrogens is 3. The monoisotopic (exact) mass is 260 g/mol. The Morgan fingerprint density at radius 3 is 3.26 bits per heavy atom. The maximum Gasteiger partial charge on any atom is 0.274 e. The minimum Gasteiger partial charge on any atom is -0.354 e. The van der Waals surface area contributed by atoms with Crippen LogP contribution in [0.1, 0.15) is 26.2 Å². The van der Waals surface area contributed by atoms with Crippen LogP contribution in [0.3, 0.4) is 0 Å². The third-order valence-corrected chi connectivity index (χ3v) is 3.41. The summed E-state index contributed by atoms with van der Waals surface area (Å²) in [5.41, 5.74) is 1.50. The van der Waals surface area contributed by atoms with Gasteiger partial charge in [0.15, 0.2) is 5.52 Å². The van der Waals surface area contributed by atoms with Crippen molar-refractivity contribution in [3.8, 4) is 5.88 Å². The lowest BCUT2D eigenvalue weighted by Crippen LogP contribution is -2.31. The van der Waals surface area contributed by atoms with Gasteiger partial charge in [-0.1, -0.05) is 13.3 Å². The third-order valence-electron chi connectivity index (χ3n) is 3.41. The lowest BCUT2D eigenvalue weighted by Gasteiger charge is -2.16. The fourth-order valence-electron chi connectivity index (χ4n) is 2.43. The van der Waals surface area contributed by atoms with Crippen molar-refractivity contribution in [3.05, 3.63) is 18.6 Å². The first-order valence-corrected chi connectivity index (χ1v) is 6.57. The van der Waals surface area contributed by atoms with E-state index in [1.165, 1.54) is 5.06 Å². The molecule has 0 radical (unpaired) electrons. The van der Waals surface area contributed by atoms with Crippen LogP contribution in [0.15, 0.2) is 18.6 Å². The lowest BCUT2D eigenvalue weighted by atomic mass is 10.0. The number of fused-ring (bicyclic) bond motifs is 1. The van der Waals surface area contributed by atoms with E-state index >= 15 is 0 Å². The zero-order valence-corrected chi connectivity index (χ0v) is 10.8. The average molecular weight is 260 g/mol. The Bertz CT molecular complexity index is 595. The highest BCUT2D eigenvalue weighted by Crippen LogP contribution is 2.26. The third kappa shape index (κ3) is 2.14. The standard InChI is InChI=1S/C13H16N4O2/c1-2-3-9-5-7-17(13(9)18)19-12-11-10(4-6-14-12)15-8-16-11/h4,6,8-9H,2-3,5,7H2,1H3,(H,15,16). The van der Waals surface area contributed by atoms with Crippen molar-refractivity contribution in [3.63, 3.8) is 0 Å². The van der Waals surface area contributed by atoms with Crippen molar-refractivity contribution in [1.29, 1.82) is 0 Å². The van der Waals surface area contributed by atoms with Crippen molar-refractivity contribution >= 4 is 16.9 Å². The average Bonchev–Trinajstić information content (AvgIpc) is 3.01. The van der Waals surface area contributed by atoms with Crippen LogP contribution in [0.2, 0.25) is 0 Å². The van der Waals surface area contributed by atoms with E-state index in [9.17, 15) is 4.79 Å². The van der Waals surface area contributed by atoms with E-state index in [0.29, 0.717) is 17.9 Å². The highest BCUT2D eigenvalue weighted by Gasteiger charge is 2.33. The Balaban J connectivity index is 1.79. The zero-order valence-electron chi connectivity index (χ0n) is 10.8. The second-order valence-electron chi connectivity index (χ2n) is 4.72. The lowest BCUT2D eigenvalue weighted by molar-refractivity contribution is -0.153.